The Labute approximate surface area is 133 Å². The van der Waals surface area contributed by atoms with Crippen LogP contribution in [0.15, 0.2) is 30.5 Å². The molecule has 2 rings (SSSR count). The number of pyridine rings is 2. The summed E-state index contributed by atoms with van der Waals surface area (Å²) in [6.45, 7) is 6.02. The van der Waals surface area contributed by atoms with Crippen molar-refractivity contribution in [1.82, 2.24) is 9.97 Å². The number of carbonyl (C=O) groups is 1. The Hall–Kier alpha value is -1.65. The molecule has 4 nitrogen and oxygen atoms in total. The summed E-state index contributed by atoms with van der Waals surface area (Å²) in [6, 6.07) is 6.47. The second-order valence-corrected chi connectivity index (χ2v) is 6.45. The molecule has 0 aromatic carbocycles. The molecular weight excluding hydrogens is 309 g/mol. The Kier molecular flexibility index (Phi) is 4.49. The number of carbonyl (C=O) groups excluding carboxylic acids is 1. The average Bonchev–Trinajstić information content (AvgIpc) is 2.37. The lowest BCUT2D eigenvalue weighted by molar-refractivity contribution is 0.102. The number of nitrogens with one attached hydrogen (secondary N) is 1. The van der Waals surface area contributed by atoms with Gasteiger partial charge in [0.15, 0.2) is 0 Å². The van der Waals surface area contributed by atoms with Crippen LogP contribution in [-0.4, -0.2) is 15.9 Å². The molecule has 0 fully saturated rings. The topological polar surface area (TPSA) is 54.9 Å². The minimum Gasteiger partial charge on any atom is -0.307 e. The Balaban J connectivity index is 2.29. The third-order valence-electron chi connectivity index (χ3n) is 2.79. The van der Waals surface area contributed by atoms with Crippen LogP contribution in [0.2, 0.25) is 10.2 Å². The molecule has 0 aliphatic heterocycles. The molecule has 0 saturated carbocycles. The van der Waals surface area contributed by atoms with Crippen molar-refractivity contribution in [3.63, 3.8) is 0 Å². The fourth-order valence-corrected chi connectivity index (χ4v) is 2.04. The number of anilines is 1. The molecule has 2 aromatic heterocycles. The zero-order valence-electron chi connectivity index (χ0n) is 11.9. The minimum atomic E-state index is -0.306. The Morgan fingerprint density at radius 2 is 1.90 bits per heavy atom. The van der Waals surface area contributed by atoms with Crippen molar-refractivity contribution in [1.29, 1.82) is 0 Å². The summed E-state index contributed by atoms with van der Waals surface area (Å²) in [4.78, 5) is 20.6. The van der Waals surface area contributed by atoms with Gasteiger partial charge in [0.25, 0.3) is 5.91 Å². The molecule has 6 heteroatoms. The van der Waals surface area contributed by atoms with Crippen molar-refractivity contribution < 1.29 is 4.79 Å². The molecule has 0 spiro atoms. The van der Waals surface area contributed by atoms with Crippen LogP contribution >= 0.6 is 23.2 Å². The fourth-order valence-electron chi connectivity index (χ4n) is 1.67. The van der Waals surface area contributed by atoms with Gasteiger partial charge in [0.1, 0.15) is 11.0 Å². The van der Waals surface area contributed by atoms with E-state index in [1.165, 1.54) is 12.3 Å². The van der Waals surface area contributed by atoms with Gasteiger partial charge in [-0.1, -0.05) is 44.0 Å². The normalized spacial score (nSPS) is 11.3. The van der Waals surface area contributed by atoms with Crippen LogP contribution in [0.3, 0.4) is 0 Å². The lowest BCUT2D eigenvalue weighted by Crippen LogP contribution is -2.18. The van der Waals surface area contributed by atoms with Gasteiger partial charge < -0.3 is 5.32 Å². The summed E-state index contributed by atoms with van der Waals surface area (Å²) in [5, 5.41) is 3.47. The summed E-state index contributed by atoms with van der Waals surface area (Å²) in [5.41, 5.74) is 0.981. The summed E-state index contributed by atoms with van der Waals surface area (Å²) in [6.07, 6.45) is 1.53. The SMILES string of the molecule is CC(C)(C)c1cc(C(=O)Nc2cc(Cl)ccn2)cc(Cl)n1. The van der Waals surface area contributed by atoms with Gasteiger partial charge in [0, 0.05) is 27.9 Å². The van der Waals surface area contributed by atoms with Gasteiger partial charge in [-0.05, 0) is 24.3 Å². The van der Waals surface area contributed by atoms with Crippen molar-refractivity contribution in [2.75, 3.05) is 5.32 Å². The van der Waals surface area contributed by atoms with Crippen molar-refractivity contribution >= 4 is 34.9 Å². The van der Waals surface area contributed by atoms with Gasteiger partial charge >= 0.3 is 0 Å². The zero-order valence-corrected chi connectivity index (χ0v) is 13.5. The summed E-state index contributed by atoms with van der Waals surface area (Å²) >= 11 is 11.9. The summed E-state index contributed by atoms with van der Waals surface area (Å²) in [7, 11) is 0. The monoisotopic (exact) mass is 323 g/mol. The molecule has 0 unspecified atom stereocenters. The van der Waals surface area contributed by atoms with Crippen LogP contribution in [0.4, 0.5) is 5.82 Å². The Morgan fingerprint density at radius 1 is 1.19 bits per heavy atom. The maximum atomic E-state index is 12.3. The third kappa shape index (κ3) is 4.16. The first-order valence-electron chi connectivity index (χ1n) is 6.37. The minimum absolute atomic E-state index is 0.200. The smallest absolute Gasteiger partial charge is 0.256 e. The van der Waals surface area contributed by atoms with Crippen molar-refractivity contribution in [3.8, 4) is 0 Å². The van der Waals surface area contributed by atoms with E-state index in [9.17, 15) is 4.79 Å². The molecule has 0 atom stereocenters. The molecular formula is C15H15Cl2N3O. The van der Waals surface area contributed by atoms with Gasteiger partial charge in [-0.3, -0.25) is 4.79 Å². The molecule has 0 bridgehead atoms. The van der Waals surface area contributed by atoms with Crippen molar-refractivity contribution in [2.24, 2.45) is 0 Å². The Morgan fingerprint density at radius 3 is 2.52 bits per heavy atom. The molecule has 1 amide bonds. The first kappa shape index (κ1) is 15.7. The molecule has 0 aliphatic carbocycles. The van der Waals surface area contributed by atoms with Gasteiger partial charge in [-0.25, -0.2) is 9.97 Å². The number of nitrogens with zero attached hydrogens (tertiary/aromatic N) is 2. The summed E-state index contributed by atoms with van der Waals surface area (Å²) in [5.74, 6) is 0.0808. The predicted molar refractivity (Wildman–Crippen MR) is 85.1 cm³/mol. The van der Waals surface area contributed by atoms with E-state index in [1.807, 2.05) is 20.8 Å². The van der Waals surface area contributed by atoms with Crippen LogP contribution in [0.25, 0.3) is 0 Å². The highest BCUT2D eigenvalue weighted by molar-refractivity contribution is 6.31. The van der Waals surface area contributed by atoms with E-state index in [1.54, 1.807) is 18.2 Å². The molecule has 1 N–H and O–H groups in total. The average molecular weight is 324 g/mol. The number of amides is 1. The molecule has 21 heavy (non-hydrogen) atoms. The quantitative estimate of drug-likeness (QED) is 0.836. The van der Waals surface area contributed by atoms with E-state index in [2.05, 4.69) is 15.3 Å². The fraction of sp³-hybridized carbons (Fsp3) is 0.267. The van der Waals surface area contributed by atoms with Gasteiger partial charge in [0.2, 0.25) is 0 Å². The predicted octanol–water partition coefficient (Wildman–Crippen LogP) is 4.33. The number of halogens is 2. The Bertz CT molecular complexity index is 681. The van der Waals surface area contributed by atoms with Crippen LogP contribution < -0.4 is 5.32 Å². The van der Waals surface area contributed by atoms with Gasteiger partial charge in [-0.15, -0.1) is 0 Å². The second kappa shape index (κ2) is 6.00. The van der Waals surface area contributed by atoms with E-state index >= 15 is 0 Å². The molecule has 0 aliphatic rings. The van der Waals surface area contributed by atoms with Crippen molar-refractivity contribution in [2.45, 2.75) is 26.2 Å². The maximum Gasteiger partial charge on any atom is 0.256 e. The molecule has 110 valence electrons. The highest BCUT2D eigenvalue weighted by Gasteiger charge is 2.19. The van der Waals surface area contributed by atoms with Gasteiger partial charge in [0.05, 0.1) is 0 Å². The van der Waals surface area contributed by atoms with E-state index in [0.717, 1.165) is 5.69 Å². The number of hydrogen-bond donors (Lipinski definition) is 1. The van der Waals surface area contributed by atoms with E-state index in [4.69, 9.17) is 23.2 Å². The third-order valence-corrected chi connectivity index (χ3v) is 3.22. The molecule has 2 heterocycles. The molecule has 0 radical (unpaired) electrons. The standard InChI is InChI=1S/C15H15Cl2N3O/c1-15(2,3)11-6-9(7-12(17)19-11)14(21)20-13-8-10(16)4-5-18-13/h4-8H,1-3H3,(H,18,20,21). The molecule has 0 saturated heterocycles. The lowest BCUT2D eigenvalue weighted by atomic mass is 9.91. The van der Waals surface area contributed by atoms with Crippen LogP contribution in [-0.2, 0) is 5.41 Å². The first-order valence-corrected chi connectivity index (χ1v) is 7.12. The number of hydrogen-bond acceptors (Lipinski definition) is 3. The van der Waals surface area contributed by atoms with Crippen LogP contribution in [0.1, 0.15) is 36.8 Å². The van der Waals surface area contributed by atoms with E-state index in [-0.39, 0.29) is 16.5 Å². The van der Waals surface area contributed by atoms with Gasteiger partial charge in [-0.2, -0.15) is 0 Å². The maximum absolute atomic E-state index is 12.3. The van der Waals surface area contributed by atoms with Crippen molar-refractivity contribution in [3.05, 3.63) is 51.9 Å². The van der Waals surface area contributed by atoms with Crippen LogP contribution in [0, 0.1) is 0 Å². The molecule has 2 aromatic rings. The second-order valence-electron chi connectivity index (χ2n) is 5.63. The number of aromatic nitrogens is 2. The first-order chi connectivity index (χ1) is 9.75. The largest absolute Gasteiger partial charge is 0.307 e. The highest BCUT2D eigenvalue weighted by Crippen LogP contribution is 2.24. The van der Waals surface area contributed by atoms with E-state index in [0.29, 0.717) is 16.4 Å². The lowest BCUT2D eigenvalue weighted by Gasteiger charge is -2.18. The number of rotatable bonds is 2. The summed E-state index contributed by atoms with van der Waals surface area (Å²) < 4.78 is 0. The highest BCUT2D eigenvalue weighted by atomic mass is 35.5. The zero-order chi connectivity index (χ0) is 15.6. The van der Waals surface area contributed by atoms with Crippen LogP contribution in [0.5, 0.6) is 0 Å². The van der Waals surface area contributed by atoms with E-state index < -0.39 is 0 Å².